The molecule has 0 radical (unpaired) electrons. The molecule has 0 spiro atoms. The molecule has 200 valence electrons. The molecule has 9 heteroatoms. The Bertz CT molecular complexity index is 1050. The molecule has 4 atom stereocenters. The van der Waals surface area contributed by atoms with Crippen LogP contribution in [0, 0.1) is 0 Å². The van der Waals surface area contributed by atoms with Crippen LogP contribution < -0.4 is 10.2 Å². The van der Waals surface area contributed by atoms with Gasteiger partial charge in [-0.3, -0.25) is 4.79 Å². The summed E-state index contributed by atoms with van der Waals surface area (Å²) in [7, 11) is 0. The standard InChI is InChI=1S/C28H38ClN5O3/c1-19-16-24(35)26-25(19)27(32-18-31-26)33-11-13-34(14-12-33)28(36)23(17-20-5-7-21(29)8-6-20)30-10-9-22-4-2-3-15-37-22/h5-8,18-19,22-24,30,35H,2-4,9-17H2,1H3/t19-,22-,23?,24-/m1/s1. The zero-order chi connectivity index (χ0) is 25.8. The number of halogens is 1. The van der Waals surface area contributed by atoms with E-state index in [1.165, 1.54) is 6.42 Å². The van der Waals surface area contributed by atoms with E-state index in [-0.39, 0.29) is 24.0 Å². The monoisotopic (exact) mass is 527 g/mol. The molecule has 8 nitrogen and oxygen atoms in total. The smallest absolute Gasteiger partial charge is 0.240 e. The molecule has 1 unspecified atom stereocenters. The van der Waals surface area contributed by atoms with Gasteiger partial charge < -0.3 is 25.0 Å². The van der Waals surface area contributed by atoms with Crippen LogP contribution in [-0.2, 0) is 16.0 Å². The average molecular weight is 528 g/mol. The van der Waals surface area contributed by atoms with E-state index >= 15 is 0 Å². The molecule has 2 aromatic rings. The summed E-state index contributed by atoms with van der Waals surface area (Å²) >= 11 is 6.09. The molecular formula is C28H38ClN5O3. The van der Waals surface area contributed by atoms with Gasteiger partial charge in [0.25, 0.3) is 0 Å². The second-order valence-electron chi connectivity index (χ2n) is 10.6. The molecule has 0 saturated carbocycles. The highest BCUT2D eigenvalue weighted by atomic mass is 35.5. The predicted octanol–water partition coefficient (Wildman–Crippen LogP) is 3.48. The van der Waals surface area contributed by atoms with E-state index < -0.39 is 6.10 Å². The maximum absolute atomic E-state index is 13.7. The first kappa shape index (κ1) is 26.4. The van der Waals surface area contributed by atoms with Crippen molar-refractivity contribution in [2.75, 3.05) is 44.2 Å². The van der Waals surface area contributed by atoms with Crippen molar-refractivity contribution in [1.82, 2.24) is 20.2 Å². The Kier molecular flexibility index (Phi) is 8.60. The lowest BCUT2D eigenvalue weighted by atomic mass is 10.0. The molecule has 1 amide bonds. The highest BCUT2D eigenvalue weighted by molar-refractivity contribution is 6.30. The van der Waals surface area contributed by atoms with Crippen molar-refractivity contribution in [2.45, 2.75) is 69.6 Å². The van der Waals surface area contributed by atoms with Gasteiger partial charge in [0, 0.05) is 43.4 Å². The minimum atomic E-state index is -0.520. The van der Waals surface area contributed by atoms with Crippen molar-refractivity contribution in [3.8, 4) is 0 Å². The van der Waals surface area contributed by atoms with Crippen LogP contribution in [0.2, 0.25) is 5.02 Å². The number of aromatic nitrogens is 2. The predicted molar refractivity (Wildman–Crippen MR) is 144 cm³/mol. The topological polar surface area (TPSA) is 90.8 Å². The lowest BCUT2D eigenvalue weighted by Crippen LogP contribution is -2.55. The lowest BCUT2D eigenvalue weighted by Gasteiger charge is -2.38. The number of benzene rings is 1. The lowest BCUT2D eigenvalue weighted by molar-refractivity contribution is -0.133. The summed E-state index contributed by atoms with van der Waals surface area (Å²) in [5.74, 6) is 1.27. The van der Waals surface area contributed by atoms with Crippen molar-refractivity contribution in [3.63, 3.8) is 0 Å². The van der Waals surface area contributed by atoms with Crippen LogP contribution in [-0.4, -0.2) is 77.4 Å². The fraction of sp³-hybridized carbons (Fsp3) is 0.607. The fourth-order valence-electron chi connectivity index (χ4n) is 5.87. The third-order valence-electron chi connectivity index (χ3n) is 7.95. The molecular weight excluding hydrogens is 490 g/mol. The molecule has 37 heavy (non-hydrogen) atoms. The maximum Gasteiger partial charge on any atom is 0.240 e. The molecule has 3 aliphatic rings. The highest BCUT2D eigenvalue weighted by Gasteiger charge is 2.34. The molecule has 1 aromatic heterocycles. The fourth-order valence-corrected chi connectivity index (χ4v) is 6.00. The summed E-state index contributed by atoms with van der Waals surface area (Å²) in [5, 5.41) is 14.6. The molecule has 2 fully saturated rings. The van der Waals surface area contributed by atoms with E-state index in [9.17, 15) is 9.90 Å². The Labute approximate surface area is 224 Å². The van der Waals surface area contributed by atoms with E-state index in [4.69, 9.17) is 16.3 Å². The van der Waals surface area contributed by atoms with Crippen molar-refractivity contribution >= 4 is 23.3 Å². The van der Waals surface area contributed by atoms with Crippen LogP contribution in [0.25, 0.3) is 0 Å². The number of nitrogens with one attached hydrogen (secondary N) is 1. The summed E-state index contributed by atoms with van der Waals surface area (Å²) in [6.45, 7) is 6.41. The SMILES string of the molecule is C[C@@H]1C[C@@H](O)c2ncnc(N3CCN(C(=O)C(Cc4ccc(Cl)cc4)NCC[C@H]4CCCCO4)CC3)c21. The Morgan fingerprint density at radius 2 is 1.97 bits per heavy atom. The normalized spacial score (nSPS) is 24.7. The molecule has 5 rings (SSSR count). The van der Waals surface area contributed by atoms with E-state index in [1.807, 2.05) is 29.2 Å². The van der Waals surface area contributed by atoms with Gasteiger partial charge >= 0.3 is 0 Å². The molecule has 2 saturated heterocycles. The average Bonchev–Trinajstić information content (AvgIpc) is 3.23. The number of carbonyl (C=O) groups excluding carboxylic acids is 1. The second-order valence-corrected chi connectivity index (χ2v) is 11.0. The summed E-state index contributed by atoms with van der Waals surface area (Å²) in [5.41, 5.74) is 2.90. The van der Waals surface area contributed by atoms with Gasteiger partial charge in [0.15, 0.2) is 0 Å². The number of hydrogen-bond donors (Lipinski definition) is 2. The number of anilines is 1. The maximum atomic E-state index is 13.7. The van der Waals surface area contributed by atoms with Crippen LogP contribution in [0.4, 0.5) is 5.82 Å². The van der Waals surface area contributed by atoms with Crippen molar-refractivity contribution < 1.29 is 14.6 Å². The number of piperazine rings is 1. The van der Waals surface area contributed by atoms with Crippen LogP contribution in [0.1, 0.15) is 67.9 Å². The van der Waals surface area contributed by atoms with Gasteiger partial charge in [-0.15, -0.1) is 0 Å². The first-order valence-electron chi connectivity index (χ1n) is 13.7. The van der Waals surface area contributed by atoms with E-state index in [0.29, 0.717) is 44.0 Å². The number of amides is 1. The molecule has 2 N–H and O–H groups in total. The zero-order valence-corrected chi connectivity index (χ0v) is 22.4. The van der Waals surface area contributed by atoms with E-state index in [1.54, 1.807) is 6.33 Å². The van der Waals surface area contributed by atoms with Crippen LogP contribution in [0.15, 0.2) is 30.6 Å². The molecule has 2 aliphatic heterocycles. The first-order chi connectivity index (χ1) is 18.0. The molecule has 0 bridgehead atoms. The van der Waals surface area contributed by atoms with Gasteiger partial charge in [0.1, 0.15) is 12.1 Å². The first-order valence-corrected chi connectivity index (χ1v) is 14.0. The van der Waals surface area contributed by atoms with Crippen LogP contribution in [0.5, 0.6) is 0 Å². The minimum Gasteiger partial charge on any atom is -0.387 e. The molecule has 3 heterocycles. The largest absolute Gasteiger partial charge is 0.387 e. The van der Waals surface area contributed by atoms with Crippen molar-refractivity contribution in [2.24, 2.45) is 0 Å². The second kappa shape index (κ2) is 12.1. The van der Waals surface area contributed by atoms with Gasteiger partial charge in [0.05, 0.1) is 23.9 Å². The number of nitrogens with zero attached hydrogens (tertiary/aromatic N) is 4. The third-order valence-corrected chi connectivity index (χ3v) is 8.20. The van der Waals surface area contributed by atoms with E-state index in [2.05, 4.69) is 27.1 Å². The minimum absolute atomic E-state index is 0.135. The number of aliphatic hydroxyl groups excluding tert-OH is 1. The number of rotatable bonds is 8. The van der Waals surface area contributed by atoms with Crippen LogP contribution in [0.3, 0.4) is 0 Å². The number of hydrogen-bond acceptors (Lipinski definition) is 7. The van der Waals surface area contributed by atoms with Gasteiger partial charge in [-0.2, -0.15) is 0 Å². The summed E-state index contributed by atoms with van der Waals surface area (Å²) in [6, 6.07) is 7.46. The number of fused-ring (bicyclic) bond motifs is 1. The number of ether oxygens (including phenoxy) is 1. The Morgan fingerprint density at radius 3 is 2.70 bits per heavy atom. The van der Waals surface area contributed by atoms with Gasteiger partial charge in [-0.25, -0.2) is 9.97 Å². The zero-order valence-electron chi connectivity index (χ0n) is 21.6. The summed E-state index contributed by atoms with van der Waals surface area (Å²) < 4.78 is 5.89. The molecule has 1 aromatic carbocycles. The van der Waals surface area contributed by atoms with Crippen LogP contribution >= 0.6 is 11.6 Å². The third kappa shape index (κ3) is 6.25. The summed E-state index contributed by atoms with van der Waals surface area (Å²) in [6.07, 6.45) is 7.00. The van der Waals surface area contributed by atoms with Crippen molar-refractivity contribution in [3.05, 3.63) is 52.4 Å². The van der Waals surface area contributed by atoms with Gasteiger partial charge in [-0.1, -0.05) is 30.7 Å². The number of aliphatic hydroxyl groups is 1. The Morgan fingerprint density at radius 1 is 1.19 bits per heavy atom. The van der Waals surface area contributed by atoms with Crippen molar-refractivity contribution in [1.29, 1.82) is 0 Å². The number of carbonyl (C=O) groups is 1. The molecule has 1 aliphatic carbocycles. The van der Waals surface area contributed by atoms with Gasteiger partial charge in [-0.05, 0) is 68.7 Å². The van der Waals surface area contributed by atoms with E-state index in [0.717, 1.165) is 55.1 Å². The quantitative estimate of drug-likeness (QED) is 0.543. The Balaban J connectivity index is 1.22. The highest BCUT2D eigenvalue weighted by Crippen LogP contribution is 2.42. The van der Waals surface area contributed by atoms with Gasteiger partial charge in [0.2, 0.25) is 5.91 Å². The Hall–Kier alpha value is -2.26. The summed E-state index contributed by atoms with van der Waals surface area (Å²) in [4.78, 5) is 26.8.